The molecule has 4 atom stereocenters. The molecule has 1 aromatic heterocycles. The van der Waals surface area contributed by atoms with Crippen molar-refractivity contribution in [1.82, 2.24) is 14.5 Å². The number of primary amides is 1. The van der Waals surface area contributed by atoms with E-state index in [2.05, 4.69) is 0 Å². The Hall–Kier alpha value is -3.42. The topological polar surface area (TPSA) is 127 Å². The van der Waals surface area contributed by atoms with Crippen molar-refractivity contribution in [2.24, 2.45) is 5.73 Å². The van der Waals surface area contributed by atoms with Crippen LogP contribution in [0.2, 0.25) is 0 Å². The lowest BCUT2D eigenvalue weighted by Crippen LogP contribution is -2.53. The number of benzene rings is 1. The summed E-state index contributed by atoms with van der Waals surface area (Å²) in [6.45, 7) is -1.02. The summed E-state index contributed by atoms with van der Waals surface area (Å²) in [5, 5.41) is 12.0. The SMILES string of the molecule is COC1C[C@]2(CC[C@H](CF)N3C[C@H]2n2cc(C(N)=O)c(=O)c(O)c2C3=O)ON1Cc1ccc(F)cc1F. The molecule has 0 saturated carbocycles. The highest BCUT2D eigenvalue weighted by atomic mass is 19.1. The number of carbonyl (C=O) groups is 2. The van der Waals surface area contributed by atoms with Gasteiger partial charge in [0, 0.05) is 37.9 Å². The minimum absolute atomic E-state index is 0.0455. The zero-order valence-corrected chi connectivity index (χ0v) is 19.8. The molecule has 37 heavy (non-hydrogen) atoms. The molecule has 4 heterocycles. The van der Waals surface area contributed by atoms with E-state index < -0.39 is 76.5 Å². The number of carbonyl (C=O) groups excluding carboxylic acids is 2. The fourth-order valence-electron chi connectivity index (χ4n) is 5.60. The van der Waals surface area contributed by atoms with Gasteiger partial charge < -0.3 is 25.0 Å². The van der Waals surface area contributed by atoms with Gasteiger partial charge in [0.15, 0.2) is 11.4 Å². The summed E-state index contributed by atoms with van der Waals surface area (Å²) < 4.78 is 48.8. The molecule has 5 rings (SSSR count). The fraction of sp³-hybridized carbons (Fsp3) is 0.458. The Labute approximate surface area is 208 Å². The summed E-state index contributed by atoms with van der Waals surface area (Å²) in [4.78, 5) is 45.4. The van der Waals surface area contributed by atoms with Crippen LogP contribution in [0.25, 0.3) is 0 Å². The third-order valence-corrected chi connectivity index (χ3v) is 7.53. The molecule has 0 aliphatic carbocycles. The first kappa shape index (κ1) is 25.2. The van der Waals surface area contributed by atoms with E-state index in [0.29, 0.717) is 0 Å². The molecule has 1 aromatic carbocycles. The predicted molar refractivity (Wildman–Crippen MR) is 121 cm³/mol. The number of aromatic nitrogens is 1. The van der Waals surface area contributed by atoms with Gasteiger partial charge in [-0.25, -0.2) is 13.2 Å². The van der Waals surface area contributed by atoms with Gasteiger partial charge in [-0.05, 0) is 18.9 Å². The Morgan fingerprint density at radius 2 is 2.08 bits per heavy atom. The number of aromatic hydroxyl groups is 1. The van der Waals surface area contributed by atoms with Crippen LogP contribution in [0.15, 0.2) is 29.2 Å². The van der Waals surface area contributed by atoms with Crippen molar-refractivity contribution in [3.63, 3.8) is 0 Å². The zero-order valence-electron chi connectivity index (χ0n) is 19.8. The number of halogens is 3. The lowest BCUT2D eigenvalue weighted by atomic mass is 9.85. The summed E-state index contributed by atoms with van der Waals surface area (Å²) in [7, 11) is 1.43. The number of nitrogens with zero attached hydrogens (tertiary/aromatic N) is 3. The van der Waals surface area contributed by atoms with Crippen LogP contribution in [-0.4, -0.2) is 69.7 Å². The summed E-state index contributed by atoms with van der Waals surface area (Å²) >= 11 is 0. The van der Waals surface area contributed by atoms with Crippen LogP contribution < -0.4 is 11.2 Å². The highest BCUT2D eigenvalue weighted by molar-refractivity contribution is 5.99. The molecule has 2 saturated heterocycles. The van der Waals surface area contributed by atoms with Gasteiger partial charge in [0.25, 0.3) is 11.8 Å². The van der Waals surface area contributed by atoms with E-state index in [4.69, 9.17) is 15.3 Å². The number of hydrogen-bond donors (Lipinski definition) is 2. The van der Waals surface area contributed by atoms with Gasteiger partial charge in [-0.15, -0.1) is 0 Å². The molecule has 1 spiro atoms. The molecule has 2 bridgehead atoms. The van der Waals surface area contributed by atoms with Gasteiger partial charge in [-0.1, -0.05) is 6.07 Å². The monoisotopic (exact) mass is 522 g/mol. The first-order valence-electron chi connectivity index (χ1n) is 11.7. The molecule has 198 valence electrons. The van der Waals surface area contributed by atoms with Crippen LogP contribution in [0.4, 0.5) is 13.2 Å². The summed E-state index contributed by atoms with van der Waals surface area (Å²) in [6.07, 6.45) is 1.03. The third kappa shape index (κ3) is 3.97. The Bertz CT molecular complexity index is 1340. The molecule has 10 nitrogen and oxygen atoms in total. The Morgan fingerprint density at radius 3 is 2.73 bits per heavy atom. The molecule has 2 fully saturated rings. The molecule has 1 unspecified atom stereocenters. The predicted octanol–water partition coefficient (Wildman–Crippen LogP) is 1.61. The van der Waals surface area contributed by atoms with E-state index in [9.17, 15) is 32.7 Å². The molecule has 13 heteroatoms. The molecular weight excluding hydrogens is 497 g/mol. The van der Waals surface area contributed by atoms with Crippen molar-refractivity contribution in [2.75, 3.05) is 20.3 Å². The highest BCUT2D eigenvalue weighted by Gasteiger charge is 2.57. The van der Waals surface area contributed by atoms with Crippen LogP contribution in [0.3, 0.4) is 0 Å². The maximum absolute atomic E-state index is 14.4. The molecule has 3 aliphatic heterocycles. The van der Waals surface area contributed by atoms with Crippen molar-refractivity contribution in [3.05, 3.63) is 63.1 Å². The number of alkyl halides is 1. The van der Waals surface area contributed by atoms with Crippen molar-refractivity contribution in [3.8, 4) is 5.75 Å². The average molecular weight is 522 g/mol. The summed E-state index contributed by atoms with van der Waals surface area (Å²) in [5.74, 6) is -4.31. The van der Waals surface area contributed by atoms with Crippen LogP contribution >= 0.6 is 0 Å². The van der Waals surface area contributed by atoms with Crippen LogP contribution in [0, 0.1) is 11.6 Å². The van der Waals surface area contributed by atoms with Crippen LogP contribution in [0.5, 0.6) is 5.75 Å². The molecule has 2 aromatic rings. The minimum atomic E-state index is -1.16. The van der Waals surface area contributed by atoms with Gasteiger partial charge in [0.05, 0.1) is 18.6 Å². The number of rotatable bonds is 5. The standard InChI is InChI=1S/C24H25F3N4O6/c1-36-18-7-24(37-31(18)9-12-2-3-13(26)6-16(12)27)5-4-14(8-25)29-11-17(24)30-10-15(22(28)34)20(32)21(33)19(30)23(29)35/h2-3,6,10,14,17-18,33H,4-5,7-9,11H2,1H3,(H2,28,34)/t14-,17-,18?,24+/m1/s1. The quantitative estimate of drug-likeness (QED) is 0.611. The number of nitrogens with two attached hydrogens (primary N) is 1. The van der Waals surface area contributed by atoms with E-state index in [1.165, 1.54) is 27.7 Å². The number of methoxy groups -OCH3 is 1. The molecule has 3 N–H and O–H groups in total. The van der Waals surface area contributed by atoms with E-state index in [1.54, 1.807) is 0 Å². The first-order chi connectivity index (χ1) is 17.6. The second-order valence-electron chi connectivity index (χ2n) is 9.52. The summed E-state index contributed by atoms with van der Waals surface area (Å²) in [6, 6.07) is 1.53. The smallest absolute Gasteiger partial charge is 0.274 e. The van der Waals surface area contributed by atoms with Gasteiger partial charge in [-0.2, -0.15) is 5.06 Å². The van der Waals surface area contributed by atoms with Gasteiger partial charge in [0.1, 0.15) is 35.7 Å². The van der Waals surface area contributed by atoms with E-state index >= 15 is 0 Å². The lowest BCUT2D eigenvalue weighted by molar-refractivity contribution is -0.252. The molecule has 2 amide bonds. The number of hydroxylamine groups is 2. The maximum atomic E-state index is 14.4. The zero-order chi connectivity index (χ0) is 26.6. The first-order valence-corrected chi connectivity index (χ1v) is 11.7. The number of pyridine rings is 1. The van der Waals surface area contributed by atoms with Crippen molar-refractivity contribution in [2.45, 2.75) is 49.7 Å². The number of hydrogen-bond acceptors (Lipinski definition) is 7. The molecule has 0 radical (unpaired) electrons. The normalized spacial score (nSPS) is 27.4. The second-order valence-corrected chi connectivity index (χ2v) is 9.52. The third-order valence-electron chi connectivity index (χ3n) is 7.53. The Morgan fingerprint density at radius 1 is 1.32 bits per heavy atom. The number of ether oxygens (including phenoxy) is 1. The fourth-order valence-corrected chi connectivity index (χ4v) is 5.60. The van der Waals surface area contributed by atoms with Crippen molar-refractivity contribution >= 4 is 11.8 Å². The van der Waals surface area contributed by atoms with Crippen molar-refractivity contribution in [1.29, 1.82) is 0 Å². The van der Waals surface area contributed by atoms with E-state index in [1.807, 2.05) is 0 Å². The van der Waals surface area contributed by atoms with Crippen LogP contribution in [0.1, 0.15) is 51.7 Å². The molecule has 3 aliphatic rings. The maximum Gasteiger partial charge on any atom is 0.274 e. The Balaban J connectivity index is 1.62. The van der Waals surface area contributed by atoms with Gasteiger partial charge >= 0.3 is 0 Å². The minimum Gasteiger partial charge on any atom is -0.503 e. The van der Waals surface area contributed by atoms with E-state index in [0.717, 1.165) is 18.3 Å². The second kappa shape index (κ2) is 9.15. The Kier molecular flexibility index (Phi) is 6.24. The average Bonchev–Trinajstić information content (AvgIpc) is 3.14. The molecular formula is C24H25F3N4O6. The highest BCUT2D eigenvalue weighted by Crippen LogP contribution is 2.49. The largest absolute Gasteiger partial charge is 0.503 e. The van der Waals surface area contributed by atoms with Gasteiger partial charge in [-0.3, -0.25) is 19.2 Å². The van der Waals surface area contributed by atoms with Crippen molar-refractivity contribution < 1.29 is 37.4 Å². The van der Waals surface area contributed by atoms with E-state index in [-0.39, 0.29) is 37.9 Å². The lowest BCUT2D eigenvalue weighted by Gasteiger charge is -2.42. The number of amides is 2. The summed E-state index contributed by atoms with van der Waals surface area (Å²) in [5.41, 5.74) is 2.31. The van der Waals surface area contributed by atoms with Gasteiger partial charge in [0.2, 0.25) is 5.43 Å². The number of fused-ring (bicyclic) bond motifs is 5. The van der Waals surface area contributed by atoms with Crippen LogP contribution in [-0.2, 0) is 16.1 Å².